The van der Waals surface area contributed by atoms with E-state index in [0.717, 1.165) is 5.56 Å². The molecule has 0 saturated carbocycles. The fraction of sp³-hybridized carbons (Fsp3) is 0.588. The maximum Gasteiger partial charge on any atom is 0.276 e. The molecule has 142 valence electrons. The van der Waals surface area contributed by atoms with Gasteiger partial charge in [-0.1, -0.05) is 0 Å². The van der Waals surface area contributed by atoms with Crippen molar-refractivity contribution in [2.24, 2.45) is 5.92 Å². The van der Waals surface area contributed by atoms with Crippen LogP contribution in [0, 0.1) is 12.8 Å². The molecule has 8 nitrogen and oxygen atoms in total. The Balaban J connectivity index is 1.86. The van der Waals surface area contributed by atoms with E-state index in [1.807, 2.05) is 6.92 Å². The lowest BCUT2D eigenvalue weighted by Crippen LogP contribution is -2.70. The lowest BCUT2D eigenvalue weighted by Gasteiger charge is -2.49. The summed E-state index contributed by atoms with van der Waals surface area (Å²) in [6.45, 7) is 1.86. The molecule has 2 saturated heterocycles. The molecule has 3 heterocycles. The van der Waals surface area contributed by atoms with E-state index in [-0.39, 0.29) is 36.4 Å². The van der Waals surface area contributed by atoms with Gasteiger partial charge in [-0.3, -0.25) is 9.59 Å². The Morgan fingerprint density at radius 1 is 1.35 bits per heavy atom. The highest BCUT2D eigenvalue weighted by atomic mass is 32.2. The Morgan fingerprint density at radius 3 is 2.58 bits per heavy atom. The van der Waals surface area contributed by atoms with Crippen LogP contribution >= 0.6 is 0 Å². The number of amides is 2. The fourth-order valence-corrected chi connectivity index (χ4v) is 6.09. The lowest BCUT2D eigenvalue weighted by atomic mass is 9.82. The third kappa shape index (κ3) is 2.65. The molecule has 0 aliphatic carbocycles. The summed E-state index contributed by atoms with van der Waals surface area (Å²) in [5.41, 5.74) is 1.01. The molecule has 1 atom stereocenters. The highest BCUT2D eigenvalue weighted by Crippen LogP contribution is 2.46. The zero-order valence-corrected chi connectivity index (χ0v) is 16.2. The molecule has 0 aromatic carbocycles. The van der Waals surface area contributed by atoms with Gasteiger partial charge < -0.3 is 14.5 Å². The van der Waals surface area contributed by atoms with Gasteiger partial charge in [0.25, 0.3) is 5.91 Å². The van der Waals surface area contributed by atoms with E-state index in [1.165, 1.54) is 16.9 Å². The molecule has 2 aliphatic rings. The summed E-state index contributed by atoms with van der Waals surface area (Å²) in [6, 6.07) is 1.71. The van der Waals surface area contributed by atoms with Gasteiger partial charge in [0, 0.05) is 33.4 Å². The molecular weight excluding hydrogens is 358 g/mol. The van der Waals surface area contributed by atoms with E-state index in [4.69, 9.17) is 4.74 Å². The fourth-order valence-electron chi connectivity index (χ4n) is 3.79. The number of ether oxygens (including phenoxy) is 1. The van der Waals surface area contributed by atoms with Crippen molar-refractivity contribution >= 4 is 21.7 Å². The first-order chi connectivity index (χ1) is 12.1. The number of hydrogen-bond acceptors (Lipinski definition) is 6. The van der Waals surface area contributed by atoms with Crippen LogP contribution in [0.15, 0.2) is 12.3 Å². The minimum atomic E-state index is -3.44. The average Bonchev–Trinajstić information content (AvgIpc) is 2.82. The number of aryl methyl sites for hydroxylation is 1. The molecule has 3 rings (SSSR count). The number of rotatable bonds is 3. The molecular formula is C17H23N3O5S. The third-order valence-electron chi connectivity index (χ3n) is 5.28. The Hall–Kier alpha value is -2.16. The summed E-state index contributed by atoms with van der Waals surface area (Å²) >= 11 is 0. The second kappa shape index (κ2) is 6.22. The molecule has 0 radical (unpaired) electrons. The lowest BCUT2D eigenvalue weighted by molar-refractivity contribution is -0.135. The predicted molar refractivity (Wildman–Crippen MR) is 94.7 cm³/mol. The first-order valence-electron chi connectivity index (χ1n) is 8.36. The number of sulfone groups is 1. The van der Waals surface area contributed by atoms with Crippen LogP contribution in [0.1, 0.15) is 22.5 Å². The van der Waals surface area contributed by atoms with E-state index in [0.29, 0.717) is 12.2 Å². The van der Waals surface area contributed by atoms with Gasteiger partial charge in [-0.2, -0.15) is 0 Å². The molecule has 2 fully saturated rings. The first kappa shape index (κ1) is 18.6. The van der Waals surface area contributed by atoms with Crippen LogP contribution in [0.4, 0.5) is 0 Å². The van der Waals surface area contributed by atoms with Crippen molar-refractivity contribution in [3.63, 3.8) is 0 Å². The third-order valence-corrected chi connectivity index (χ3v) is 7.84. The van der Waals surface area contributed by atoms with Crippen molar-refractivity contribution in [2.45, 2.75) is 18.1 Å². The highest BCUT2D eigenvalue weighted by molar-refractivity contribution is 7.93. The SMILES string of the molecule is COc1cc(C)cnc1C(=O)N1CC2(C1)C(C(=O)N(C)C)CCS2(=O)=O. The molecule has 1 aromatic heterocycles. The van der Waals surface area contributed by atoms with Crippen molar-refractivity contribution in [1.29, 1.82) is 0 Å². The summed E-state index contributed by atoms with van der Waals surface area (Å²) in [5.74, 6) is -0.869. The smallest absolute Gasteiger partial charge is 0.276 e. The number of pyridine rings is 1. The maximum absolute atomic E-state index is 12.8. The zero-order chi connectivity index (χ0) is 19.3. The molecule has 1 unspecified atom stereocenters. The molecule has 9 heteroatoms. The van der Waals surface area contributed by atoms with Gasteiger partial charge in [0.1, 0.15) is 10.5 Å². The predicted octanol–water partition coefficient (Wildman–Crippen LogP) is 0.116. The van der Waals surface area contributed by atoms with Crippen LogP contribution in [-0.2, 0) is 14.6 Å². The Labute approximate surface area is 153 Å². The molecule has 1 spiro atoms. The zero-order valence-electron chi connectivity index (χ0n) is 15.4. The summed E-state index contributed by atoms with van der Waals surface area (Å²) < 4.78 is 29.3. The van der Waals surface area contributed by atoms with Crippen molar-refractivity contribution in [3.05, 3.63) is 23.5 Å². The van der Waals surface area contributed by atoms with Crippen LogP contribution in [0.5, 0.6) is 5.75 Å². The Bertz CT molecular complexity index is 859. The second-order valence-electron chi connectivity index (χ2n) is 7.18. The molecule has 26 heavy (non-hydrogen) atoms. The number of aromatic nitrogens is 1. The van der Waals surface area contributed by atoms with Crippen molar-refractivity contribution < 1.29 is 22.7 Å². The summed E-state index contributed by atoms with van der Waals surface area (Å²) in [4.78, 5) is 32.2. The second-order valence-corrected chi connectivity index (χ2v) is 9.63. The normalized spacial score (nSPS) is 22.8. The van der Waals surface area contributed by atoms with Crippen molar-refractivity contribution in [2.75, 3.05) is 40.0 Å². The van der Waals surface area contributed by atoms with Crippen molar-refractivity contribution in [3.8, 4) is 5.75 Å². The Morgan fingerprint density at radius 2 is 2.00 bits per heavy atom. The van der Waals surface area contributed by atoms with Gasteiger partial charge in [-0.15, -0.1) is 0 Å². The van der Waals surface area contributed by atoms with Crippen LogP contribution in [-0.4, -0.2) is 79.8 Å². The number of nitrogens with zero attached hydrogens (tertiary/aromatic N) is 3. The topological polar surface area (TPSA) is 96.9 Å². The molecule has 2 amide bonds. The summed E-state index contributed by atoms with van der Waals surface area (Å²) in [7, 11) is 1.24. The van der Waals surface area contributed by atoms with Gasteiger partial charge >= 0.3 is 0 Å². The van der Waals surface area contributed by atoms with Gasteiger partial charge in [-0.05, 0) is 25.0 Å². The van der Waals surface area contributed by atoms with Crippen LogP contribution in [0.25, 0.3) is 0 Å². The van der Waals surface area contributed by atoms with Crippen LogP contribution < -0.4 is 4.74 Å². The number of carbonyl (C=O) groups excluding carboxylic acids is 2. The number of hydrogen-bond donors (Lipinski definition) is 0. The number of likely N-dealkylation sites (tertiary alicyclic amines) is 1. The molecule has 1 aromatic rings. The number of methoxy groups -OCH3 is 1. The standard InChI is InChI=1S/C17H23N3O5S/c1-11-7-13(25-4)14(18-8-11)16(22)20-9-17(10-20)12(15(21)19(2)3)5-6-26(17,23)24/h7-8,12H,5-6,9-10H2,1-4H3. The molecule has 2 aliphatic heterocycles. The monoisotopic (exact) mass is 381 g/mol. The van der Waals surface area contributed by atoms with Gasteiger partial charge in [-0.25, -0.2) is 13.4 Å². The van der Waals surface area contributed by atoms with Gasteiger partial charge in [0.05, 0.1) is 18.8 Å². The minimum Gasteiger partial charge on any atom is -0.494 e. The number of carbonyl (C=O) groups is 2. The maximum atomic E-state index is 12.8. The Kier molecular flexibility index (Phi) is 4.46. The van der Waals surface area contributed by atoms with E-state index in [9.17, 15) is 18.0 Å². The van der Waals surface area contributed by atoms with Crippen LogP contribution in [0.2, 0.25) is 0 Å². The summed E-state index contributed by atoms with van der Waals surface area (Å²) in [6.07, 6.45) is 1.86. The average molecular weight is 381 g/mol. The van der Waals surface area contributed by atoms with E-state index >= 15 is 0 Å². The summed E-state index contributed by atoms with van der Waals surface area (Å²) in [5, 5.41) is 0. The first-order valence-corrected chi connectivity index (χ1v) is 10.0. The van der Waals surface area contributed by atoms with Gasteiger partial charge in [0.2, 0.25) is 5.91 Å². The molecule has 0 bridgehead atoms. The van der Waals surface area contributed by atoms with Gasteiger partial charge in [0.15, 0.2) is 15.5 Å². The molecule has 0 N–H and O–H groups in total. The van der Waals surface area contributed by atoms with E-state index in [2.05, 4.69) is 4.98 Å². The minimum absolute atomic E-state index is 0.0110. The van der Waals surface area contributed by atoms with E-state index < -0.39 is 20.5 Å². The highest BCUT2D eigenvalue weighted by Gasteiger charge is 2.65. The van der Waals surface area contributed by atoms with Crippen LogP contribution in [0.3, 0.4) is 0 Å². The quantitative estimate of drug-likeness (QED) is 0.738. The largest absolute Gasteiger partial charge is 0.494 e. The van der Waals surface area contributed by atoms with E-state index in [1.54, 1.807) is 26.4 Å². The van der Waals surface area contributed by atoms with Crippen molar-refractivity contribution in [1.82, 2.24) is 14.8 Å².